The summed E-state index contributed by atoms with van der Waals surface area (Å²) in [6, 6.07) is 15.0. The van der Waals surface area contributed by atoms with Crippen molar-refractivity contribution in [3.63, 3.8) is 0 Å². The van der Waals surface area contributed by atoms with Gasteiger partial charge in [-0.2, -0.15) is 0 Å². The molecule has 0 heterocycles. The Morgan fingerprint density at radius 1 is 0.829 bits per heavy atom. The Hall–Kier alpha value is -2.79. The van der Waals surface area contributed by atoms with Gasteiger partial charge in [-0.25, -0.2) is 16.8 Å². The summed E-state index contributed by atoms with van der Waals surface area (Å²) in [5.41, 5.74) is 2.90. The zero-order chi connectivity index (χ0) is 26.0. The minimum Gasteiger partial charge on any atom is -0.325 e. The molecular formula is C23H23Cl2N3O5S2. The van der Waals surface area contributed by atoms with Crippen molar-refractivity contribution in [1.82, 2.24) is 0 Å². The molecule has 35 heavy (non-hydrogen) atoms. The zero-order valence-electron chi connectivity index (χ0n) is 19.0. The van der Waals surface area contributed by atoms with Gasteiger partial charge in [-0.3, -0.25) is 13.8 Å². The molecule has 8 nitrogen and oxygen atoms in total. The fourth-order valence-corrected chi connectivity index (χ4v) is 5.30. The number of sulfonamides is 2. The molecule has 3 aromatic carbocycles. The van der Waals surface area contributed by atoms with Crippen LogP contribution in [-0.4, -0.2) is 35.5 Å². The third-order valence-corrected chi connectivity index (χ3v) is 8.36. The molecule has 2 N–H and O–H groups in total. The van der Waals surface area contributed by atoms with Gasteiger partial charge in [0.15, 0.2) is 0 Å². The van der Waals surface area contributed by atoms with E-state index in [-0.39, 0.29) is 20.6 Å². The van der Waals surface area contributed by atoms with Crippen LogP contribution in [0.2, 0.25) is 10.0 Å². The van der Waals surface area contributed by atoms with Gasteiger partial charge in [0.1, 0.15) is 6.54 Å². The first-order valence-corrected chi connectivity index (χ1v) is 14.3. The normalized spacial score (nSPS) is 11.7. The van der Waals surface area contributed by atoms with Gasteiger partial charge in [0, 0.05) is 11.4 Å². The van der Waals surface area contributed by atoms with Gasteiger partial charge in [0.2, 0.25) is 15.9 Å². The summed E-state index contributed by atoms with van der Waals surface area (Å²) in [4.78, 5) is 12.6. The molecule has 0 radical (unpaired) electrons. The number of nitrogens with one attached hydrogen (secondary N) is 2. The van der Waals surface area contributed by atoms with Crippen LogP contribution in [0.4, 0.5) is 17.1 Å². The summed E-state index contributed by atoms with van der Waals surface area (Å²) >= 11 is 11.9. The van der Waals surface area contributed by atoms with E-state index in [1.54, 1.807) is 12.1 Å². The van der Waals surface area contributed by atoms with Crippen LogP contribution in [0.3, 0.4) is 0 Å². The summed E-state index contributed by atoms with van der Waals surface area (Å²) in [6.07, 6.45) is 0.963. The molecule has 0 bridgehead atoms. The summed E-state index contributed by atoms with van der Waals surface area (Å²) in [7, 11) is -7.66. The largest absolute Gasteiger partial charge is 0.325 e. The molecule has 0 unspecified atom stereocenters. The molecule has 3 aromatic rings. The number of benzene rings is 3. The Bertz CT molecular complexity index is 1480. The molecule has 0 aliphatic carbocycles. The lowest BCUT2D eigenvalue weighted by Crippen LogP contribution is -2.37. The van der Waals surface area contributed by atoms with E-state index in [1.807, 2.05) is 19.9 Å². The second-order valence-electron chi connectivity index (χ2n) is 7.85. The second-order valence-corrected chi connectivity index (χ2v) is 12.2. The predicted molar refractivity (Wildman–Crippen MR) is 140 cm³/mol. The van der Waals surface area contributed by atoms with Gasteiger partial charge in [0.05, 0.1) is 26.9 Å². The number of rotatable bonds is 8. The van der Waals surface area contributed by atoms with E-state index in [2.05, 4.69) is 10.0 Å². The van der Waals surface area contributed by atoms with Crippen LogP contribution >= 0.6 is 23.2 Å². The monoisotopic (exact) mass is 555 g/mol. The van der Waals surface area contributed by atoms with Crippen LogP contribution in [-0.2, 0) is 24.8 Å². The van der Waals surface area contributed by atoms with Crippen LogP contribution in [0.25, 0.3) is 0 Å². The van der Waals surface area contributed by atoms with E-state index in [1.165, 1.54) is 42.5 Å². The fraction of sp³-hybridized carbons (Fsp3) is 0.174. The molecule has 0 atom stereocenters. The van der Waals surface area contributed by atoms with E-state index in [0.717, 1.165) is 21.7 Å². The minimum atomic E-state index is -3.84. The summed E-state index contributed by atoms with van der Waals surface area (Å²) in [6.45, 7) is 3.29. The van der Waals surface area contributed by atoms with Crippen molar-refractivity contribution in [2.45, 2.75) is 18.7 Å². The van der Waals surface area contributed by atoms with Crippen molar-refractivity contribution in [2.75, 3.05) is 27.1 Å². The van der Waals surface area contributed by atoms with Crippen LogP contribution in [0.1, 0.15) is 11.1 Å². The van der Waals surface area contributed by atoms with Gasteiger partial charge < -0.3 is 5.32 Å². The number of amides is 1. The van der Waals surface area contributed by atoms with Gasteiger partial charge in [-0.05, 0) is 79.6 Å². The number of hydrogen-bond acceptors (Lipinski definition) is 5. The van der Waals surface area contributed by atoms with Gasteiger partial charge >= 0.3 is 0 Å². The molecule has 0 spiro atoms. The van der Waals surface area contributed by atoms with Crippen LogP contribution < -0.4 is 14.3 Å². The first kappa shape index (κ1) is 26.8. The third kappa shape index (κ3) is 6.88. The zero-order valence-corrected chi connectivity index (χ0v) is 22.2. The molecule has 0 aromatic heterocycles. The molecule has 12 heteroatoms. The number of anilines is 3. The lowest BCUT2D eigenvalue weighted by molar-refractivity contribution is -0.114. The smallest absolute Gasteiger partial charge is 0.261 e. The molecule has 186 valence electrons. The SMILES string of the molecule is Cc1ccc(NS(=O)(=O)c2ccc(NC(=O)CN(c3ccc(Cl)c(Cl)c3)S(C)(=O)=O)cc2)cc1C. The standard InChI is InChI=1S/C23H23Cl2N3O5S2/c1-15-4-5-18(12-16(15)2)27-35(32,33)20-9-6-17(7-10-20)26-23(29)14-28(34(3,30)31)19-8-11-21(24)22(25)13-19/h4-13,27H,14H2,1-3H3,(H,26,29). The lowest BCUT2D eigenvalue weighted by Gasteiger charge is -2.22. The maximum Gasteiger partial charge on any atom is 0.261 e. The fourth-order valence-electron chi connectivity index (χ4n) is 3.11. The van der Waals surface area contributed by atoms with Crippen molar-refractivity contribution in [2.24, 2.45) is 0 Å². The quantitative estimate of drug-likeness (QED) is 0.413. The van der Waals surface area contributed by atoms with E-state index in [0.29, 0.717) is 11.4 Å². The van der Waals surface area contributed by atoms with E-state index in [9.17, 15) is 21.6 Å². The molecular weight excluding hydrogens is 533 g/mol. The van der Waals surface area contributed by atoms with E-state index < -0.39 is 32.5 Å². The minimum absolute atomic E-state index is 0.00213. The van der Waals surface area contributed by atoms with Crippen molar-refractivity contribution in [3.05, 3.63) is 81.8 Å². The van der Waals surface area contributed by atoms with Crippen molar-refractivity contribution in [1.29, 1.82) is 0 Å². The highest BCUT2D eigenvalue weighted by atomic mass is 35.5. The van der Waals surface area contributed by atoms with Crippen LogP contribution in [0, 0.1) is 13.8 Å². The predicted octanol–water partition coefficient (Wildman–Crippen LogP) is 4.82. The highest BCUT2D eigenvalue weighted by molar-refractivity contribution is 7.92. The van der Waals surface area contributed by atoms with Gasteiger partial charge in [0.25, 0.3) is 10.0 Å². The molecule has 3 rings (SSSR count). The first-order valence-electron chi connectivity index (χ1n) is 10.2. The molecule has 0 saturated carbocycles. The Labute approximate surface area is 215 Å². The lowest BCUT2D eigenvalue weighted by atomic mass is 10.1. The van der Waals surface area contributed by atoms with Crippen molar-refractivity contribution < 1.29 is 21.6 Å². The summed E-state index contributed by atoms with van der Waals surface area (Å²) in [5.74, 6) is -0.634. The Morgan fingerprint density at radius 2 is 1.46 bits per heavy atom. The average Bonchev–Trinajstić information content (AvgIpc) is 2.76. The number of halogens is 2. The number of carbonyl (C=O) groups excluding carboxylic acids is 1. The maximum absolute atomic E-state index is 12.7. The highest BCUT2D eigenvalue weighted by Gasteiger charge is 2.22. The van der Waals surface area contributed by atoms with Gasteiger partial charge in [-0.1, -0.05) is 29.3 Å². The topological polar surface area (TPSA) is 113 Å². The van der Waals surface area contributed by atoms with Crippen LogP contribution in [0.15, 0.2) is 65.6 Å². The molecule has 0 fully saturated rings. The second kappa shape index (κ2) is 10.4. The summed E-state index contributed by atoms with van der Waals surface area (Å²) < 4.78 is 53.3. The van der Waals surface area contributed by atoms with Crippen molar-refractivity contribution >= 4 is 66.2 Å². The highest BCUT2D eigenvalue weighted by Crippen LogP contribution is 2.28. The Kier molecular flexibility index (Phi) is 8.00. The number of nitrogens with zero attached hydrogens (tertiary/aromatic N) is 1. The molecule has 0 aliphatic rings. The van der Waals surface area contributed by atoms with Crippen LogP contribution in [0.5, 0.6) is 0 Å². The van der Waals surface area contributed by atoms with Gasteiger partial charge in [-0.15, -0.1) is 0 Å². The third-order valence-electron chi connectivity index (χ3n) is 5.09. The van der Waals surface area contributed by atoms with Crippen molar-refractivity contribution in [3.8, 4) is 0 Å². The molecule has 1 amide bonds. The Morgan fingerprint density at radius 3 is 2.03 bits per heavy atom. The van der Waals surface area contributed by atoms with E-state index in [4.69, 9.17) is 23.2 Å². The Balaban J connectivity index is 1.72. The maximum atomic E-state index is 12.7. The molecule has 0 saturated heterocycles. The summed E-state index contributed by atoms with van der Waals surface area (Å²) in [5, 5.41) is 2.95. The average molecular weight is 556 g/mol. The molecule has 0 aliphatic heterocycles. The number of aryl methyl sites for hydroxylation is 2. The number of carbonyl (C=O) groups is 1. The van der Waals surface area contributed by atoms with E-state index >= 15 is 0 Å². The first-order chi connectivity index (χ1) is 16.3. The number of hydrogen-bond donors (Lipinski definition) is 2.